The number of benzene rings is 1. The Balaban J connectivity index is 0.00000200. The second kappa shape index (κ2) is 7.72. The molecule has 112 valence electrons. The lowest BCUT2D eigenvalue weighted by molar-refractivity contribution is -0.137. The highest BCUT2D eigenvalue weighted by Gasteiger charge is 2.16. The number of anilines is 2. The number of nitrogen functional groups attached to an aromatic ring is 1. The molecular weight excluding hydrogens is 256 g/mol. The maximum absolute atomic E-state index is 10.5. The van der Waals surface area contributed by atoms with E-state index in [0.717, 1.165) is 44.8 Å². The van der Waals surface area contributed by atoms with Crippen molar-refractivity contribution in [1.29, 1.82) is 0 Å². The third-order valence-electron chi connectivity index (χ3n) is 3.50. The van der Waals surface area contributed by atoms with Crippen molar-refractivity contribution in [3.05, 3.63) is 24.3 Å². The first kappa shape index (κ1) is 16.3. The lowest BCUT2D eigenvalue weighted by Gasteiger charge is -2.36. The van der Waals surface area contributed by atoms with E-state index in [9.17, 15) is 4.79 Å². The Morgan fingerprint density at radius 2 is 1.75 bits per heavy atom. The van der Waals surface area contributed by atoms with Gasteiger partial charge in [-0.25, -0.2) is 0 Å². The first-order chi connectivity index (χ1) is 9.15. The number of nitrogens with two attached hydrogens (primary N) is 1. The first-order valence-electron chi connectivity index (χ1n) is 6.70. The third-order valence-corrected chi connectivity index (χ3v) is 3.50. The van der Waals surface area contributed by atoms with Crippen LogP contribution in [0.5, 0.6) is 0 Å². The van der Waals surface area contributed by atoms with E-state index in [1.165, 1.54) is 5.69 Å². The SMILES string of the molecule is N.Nc1ccc(N2CCN(CCCC(=O)O)CC2)cc1. The summed E-state index contributed by atoms with van der Waals surface area (Å²) in [7, 11) is 0. The molecule has 2 rings (SSSR count). The lowest BCUT2D eigenvalue weighted by Crippen LogP contribution is -2.46. The van der Waals surface area contributed by atoms with Gasteiger partial charge >= 0.3 is 5.97 Å². The van der Waals surface area contributed by atoms with Crippen LogP contribution in [0.2, 0.25) is 0 Å². The Hall–Kier alpha value is -1.79. The summed E-state index contributed by atoms with van der Waals surface area (Å²) in [5, 5.41) is 8.62. The molecule has 0 spiro atoms. The fraction of sp³-hybridized carbons (Fsp3) is 0.500. The molecule has 6 heteroatoms. The highest BCUT2D eigenvalue weighted by atomic mass is 16.4. The molecule has 1 saturated heterocycles. The average molecular weight is 280 g/mol. The van der Waals surface area contributed by atoms with Crippen LogP contribution in [-0.2, 0) is 4.79 Å². The van der Waals surface area contributed by atoms with Gasteiger partial charge in [0.25, 0.3) is 0 Å². The molecule has 6 nitrogen and oxygen atoms in total. The highest BCUT2D eigenvalue weighted by molar-refractivity contribution is 5.66. The number of piperazine rings is 1. The first-order valence-corrected chi connectivity index (χ1v) is 6.70. The number of rotatable bonds is 5. The topological polar surface area (TPSA) is 105 Å². The smallest absolute Gasteiger partial charge is 0.303 e. The number of carboxylic acids is 1. The standard InChI is InChI=1S/C14H21N3O2.H3N/c15-12-3-5-13(6-4-12)17-10-8-16(9-11-17)7-1-2-14(18)19;/h3-6H,1-2,7-11,15H2,(H,18,19);1H3. The predicted octanol–water partition coefficient (Wildman–Crippen LogP) is 1.42. The van der Waals surface area contributed by atoms with Gasteiger partial charge in [-0.3, -0.25) is 9.69 Å². The van der Waals surface area contributed by atoms with Gasteiger partial charge in [0.15, 0.2) is 0 Å². The zero-order valence-electron chi connectivity index (χ0n) is 11.8. The van der Waals surface area contributed by atoms with Crippen LogP contribution >= 0.6 is 0 Å². The van der Waals surface area contributed by atoms with E-state index < -0.39 is 5.97 Å². The van der Waals surface area contributed by atoms with Crippen LogP contribution in [0, 0.1) is 0 Å². The molecule has 1 aromatic rings. The Kier molecular flexibility index (Phi) is 6.27. The van der Waals surface area contributed by atoms with Crippen LogP contribution in [0.1, 0.15) is 12.8 Å². The number of hydrogen-bond acceptors (Lipinski definition) is 5. The summed E-state index contributed by atoms with van der Waals surface area (Å²) in [6.07, 6.45) is 0.995. The summed E-state index contributed by atoms with van der Waals surface area (Å²) in [5.74, 6) is -0.708. The van der Waals surface area contributed by atoms with Crippen molar-refractivity contribution in [1.82, 2.24) is 11.1 Å². The Morgan fingerprint density at radius 1 is 1.15 bits per heavy atom. The van der Waals surface area contributed by atoms with E-state index in [4.69, 9.17) is 10.8 Å². The molecule has 0 aromatic heterocycles. The maximum Gasteiger partial charge on any atom is 0.303 e. The summed E-state index contributed by atoms with van der Waals surface area (Å²) in [6.45, 7) is 4.82. The van der Waals surface area contributed by atoms with Crippen LogP contribution in [0.4, 0.5) is 11.4 Å². The molecule has 1 heterocycles. The monoisotopic (exact) mass is 280 g/mol. The summed E-state index contributed by atoms with van der Waals surface area (Å²) in [6, 6.07) is 7.95. The van der Waals surface area contributed by atoms with Gasteiger partial charge in [0.1, 0.15) is 0 Å². The molecule has 0 atom stereocenters. The number of carboxylic acid groups (broad SMARTS) is 1. The Morgan fingerprint density at radius 3 is 2.30 bits per heavy atom. The van der Waals surface area contributed by atoms with Gasteiger partial charge in [0.2, 0.25) is 0 Å². The number of carbonyl (C=O) groups is 1. The van der Waals surface area contributed by atoms with Crippen LogP contribution in [0.3, 0.4) is 0 Å². The minimum atomic E-state index is -0.708. The van der Waals surface area contributed by atoms with Gasteiger partial charge in [-0.2, -0.15) is 0 Å². The molecule has 1 fully saturated rings. The molecular formula is C14H24N4O2. The largest absolute Gasteiger partial charge is 0.481 e. The predicted molar refractivity (Wildman–Crippen MR) is 81.4 cm³/mol. The van der Waals surface area contributed by atoms with Crippen molar-refractivity contribution in [2.24, 2.45) is 0 Å². The Labute approximate surface area is 119 Å². The Bertz CT molecular complexity index is 414. The highest BCUT2D eigenvalue weighted by Crippen LogP contribution is 2.18. The van der Waals surface area contributed by atoms with Gasteiger partial charge < -0.3 is 21.9 Å². The van der Waals surface area contributed by atoms with Gasteiger partial charge in [0.05, 0.1) is 0 Å². The van der Waals surface area contributed by atoms with Gasteiger partial charge in [-0.05, 0) is 37.2 Å². The average Bonchev–Trinajstić information content (AvgIpc) is 2.40. The number of aliphatic carboxylic acids is 1. The fourth-order valence-corrected chi connectivity index (χ4v) is 2.37. The van der Waals surface area contributed by atoms with Crippen LogP contribution in [0.15, 0.2) is 24.3 Å². The molecule has 0 aliphatic carbocycles. The minimum Gasteiger partial charge on any atom is -0.481 e. The molecule has 1 aliphatic rings. The zero-order valence-corrected chi connectivity index (χ0v) is 11.8. The fourth-order valence-electron chi connectivity index (χ4n) is 2.37. The summed E-state index contributed by atoms with van der Waals surface area (Å²) in [5.41, 5.74) is 7.68. The van der Waals surface area contributed by atoms with E-state index in [1.54, 1.807) is 0 Å². The minimum absolute atomic E-state index is 0. The molecule has 6 N–H and O–H groups in total. The van der Waals surface area contributed by atoms with Crippen molar-refractivity contribution >= 4 is 17.3 Å². The molecule has 0 radical (unpaired) electrons. The molecule has 1 aliphatic heterocycles. The van der Waals surface area contributed by atoms with Crippen molar-refractivity contribution in [2.45, 2.75) is 12.8 Å². The summed E-state index contributed by atoms with van der Waals surface area (Å²) in [4.78, 5) is 15.1. The van der Waals surface area contributed by atoms with Gasteiger partial charge in [-0.15, -0.1) is 0 Å². The number of nitrogens with zero attached hydrogens (tertiary/aromatic N) is 2. The molecule has 0 amide bonds. The van der Waals surface area contributed by atoms with Crippen molar-refractivity contribution in [3.8, 4) is 0 Å². The van der Waals surface area contributed by atoms with Gasteiger partial charge in [-0.1, -0.05) is 0 Å². The number of hydrogen-bond donors (Lipinski definition) is 3. The van der Waals surface area contributed by atoms with Crippen molar-refractivity contribution < 1.29 is 9.90 Å². The quantitative estimate of drug-likeness (QED) is 0.704. The van der Waals surface area contributed by atoms with Crippen LogP contribution < -0.4 is 16.8 Å². The molecule has 20 heavy (non-hydrogen) atoms. The molecule has 1 aromatic carbocycles. The molecule has 0 saturated carbocycles. The zero-order chi connectivity index (χ0) is 13.7. The molecule has 0 unspecified atom stereocenters. The third kappa shape index (κ3) is 4.71. The van der Waals surface area contributed by atoms with E-state index in [1.807, 2.05) is 12.1 Å². The second-order valence-corrected chi connectivity index (χ2v) is 4.92. The van der Waals surface area contributed by atoms with E-state index in [-0.39, 0.29) is 12.6 Å². The lowest BCUT2D eigenvalue weighted by atomic mass is 10.2. The van der Waals surface area contributed by atoms with E-state index in [2.05, 4.69) is 21.9 Å². The summed E-state index contributed by atoms with van der Waals surface area (Å²) >= 11 is 0. The second-order valence-electron chi connectivity index (χ2n) is 4.92. The van der Waals surface area contributed by atoms with E-state index >= 15 is 0 Å². The van der Waals surface area contributed by atoms with Crippen molar-refractivity contribution in [2.75, 3.05) is 43.4 Å². The molecule has 0 bridgehead atoms. The van der Waals surface area contributed by atoms with E-state index in [0.29, 0.717) is 0 Å². The van der Waals surface area contributed by atoms with Crippen molar-refractivity contribution in [3.63, 3.8) is 0 Å². The van der Waals surface area contributed by atoms with Crippen LogP contribution in [-0.4, -0.2) is 48.7 Å². The van der Waals surface area contributed by atoms with Crippen LogP contribution in [0.25, 0.3) is 0 Å². The van der Waals surface area contributed by atoms with Gasteiger partial charge in [0, 0.05) is 44.0 Å². The maximum atomic E-state index is 10.5. The normalized spacial score (nSPS) is 15.7. The summed E-state index contributed by atoms with van der Waals surface area (Å²) < 4.78 is 0.